The topological polar surface area (TPSA) is 123 Å². The van der Waals surface area contributed by atoms with Crippen LogP contribution in [-0.4, -0.2) is 28.0 Å². The van der Waals surface area contributed by atoms with Gasteiger partial charge in [0, 0.05) is 10.6 Å². The van der Waals surface area contributed by atoms with E-state index in [2.05, 4.69) is 15.2 Å². The van der Waals surface area contributed by atoms with Crippen molar-refractivity contribution in [2.75, 3.05) is 0 Å². The highest BCUT2D eigenvalue weighted by Gasteiger charge is 2.16. The van der Waals surface area contributed by atoms with Gasteiger partial charge in [-0.3, -0.25) is 9.20 Å². The Labute approximate surface area is 145 Å². The molecule has 0 radical (unpaired) electrons. The van der Waals surface area contributed by atoms with Gasteiger partial charge in [0.15, 0.2) is 5.82 Å². The van der Waals surface area contributed by atoms with Crippen LogP contribution in [-0.2, 0) is 10.0 Å². The van der Waals surface area contributed by atoms with E-state index in [9.17, 15) is 13.2 Å². The van der Waals surface area contributed by atoms with Gasteiger partial charge in [-0.15, -0.1) is 10.2 Å². The maximum atomic E-state index is 12.2. The van der Waals surface area contributed by atoms with Crippen LogP contribution in [0.25, 0.3) is 28.1 Å². The minimum absolute atomic E-state index is 0.0454. The number of primary sulfonamides is 1. The highest BCUT2D eigenvalue weighted by Crippen LogP contribution is 2.24. The van der Waals surface area contributed by atoms with Crippen molar-refractivity contribution < 1.29 is 8.42 Å². The second-order valence-electron chi connectivity index (χ2n) is 5.37. The van der Waals surface area contributed by atoms with Gasteiger partial charge < -0.3 is 4.98 Å². The number of benzene rings is 2. The summed E-state index contributed by atoms with van der Waals surface area (Å²) in [4.78, 5) is 14.8. The van der Waals surface area contributed by atoms with E-state index >= 15 is 0 Å². The third kappa shape index (κ3) is 2.58. The monoisotopic (exact) mass is 375 g/mol. The largest absolute Gasteiger partial charge is 0.317 e. The molecular weight excluding hydrogens is 366 g/mol. The number of aromatic amines is 1. The lowest BCUT2D eigenvalue weighted by molar-refractivity contribution is 0.598. The van der Waals surface area contributed by atoms with Gasteiger partial charge in [-0.05, 0) is 42.5 Å². The van der Waals surface area contributed by atoms with Crippen LogP contribution in [0.4, 0.5) is 0 Å². The molecule has 126 valence electrons. The number of halogens is 1. The summed E-state index contributed by atoms with van der Waals surface area (Å²) in [5.74, 6) is 0.384. The molecule has 0 saturated heterocycles. The number of nitrogens with two attached hydrogens (primary N) is 1. The Bertz CT molecular complexity index is 1290. The van der Waals surface area contributed by atoms with Crippen molar-refractivity contribution in [1.29, 1.82) is 0 Å². The standard InChI is InChI=1S/C15H10ClN5O3S/c16-9-3-1-8(2-4-9)13-19-20-14-15(22)18-11-6-5-10(25(17,23)24)7-12(11)21(13)14/h1-7H,(H,18,22)(H2,17,23,24). The molecule has 0 atom stereocenters. The predicted octanol–water partition coefficient (Wildman–Crippen LogP) is 1.54. The number of fused-ring (bicyclic) bond motifs is 3. The molecule has 25 heavy (non-hydrogen) atoms. The Morgan fingerprint density at radius 2 is 1.80 bits per heavy atom. The van der Waals surface area contributed by atoms with Gasteiger partial charge in [-0.1, -0.05) is 11.6 Å². The molecule has 3 N–H and O–H groups in total. The summed E-state index contributed by atoms with van der Waals surface area (Å²) in [6.45, 7) is 0. The number of sulfonamides is 1. The van der Waals surface area contributed by atoms with Crippen LogP contribution in [0.5, 0.6) is 0 Å². The minimum Gasteiger partial charge on any atom is -0.317 e. The highest BCUT2D eigenvalue weighted by molar-refractivity contribution is 7.89. The summed E-state index contributed by atoms with van der Waals surface area (Å²) in [6.07, 6.45) is 0. The Kier molecular flexibility index (Phi) is 3.39. The van der Waals surface area contributed by atoms with Gasteiger partial charge in [0.2, 0.25) is 15.7 Å². The van der Waals surface area contributed by atoms with Crippen LogP contribution in [0.3, 0.4) is 0 Å². The van der Waals surface area contributed by atoms with Gasteiger partial charge in [0.25, 0.3) is 5.56 Å². The van der Waals surface area contributed by atoms with Crippen molar-refractivity contribution in [2.45, 2.75) is 4.90 Å². The van der Waals surface area contributed by atoms with E-state index in [-0.39, 0.29) is 10.5 Å². The normalized spacial score (nSPS) is 12.1. The van der Waals surface area contributed by atoms with Crippen molar-refractivity contribution in [3.05, 3.63) is 57.8 Å². The quantitative estimate of drug-likeness (QED) is 0.550. The highest BCUT2D eigenvalue weighted by atomic mass is 35.5. The number of aromatic nitrogens is 4. The van der Waals surface area contributed by atoms with Gasteiger partial charge >= 0.3 is 0 Å². The van der Waals surface area contributed by atoms with Crippen LogP contribution in [0, 0.1) is 0 Å². The van der Waals surface area contributed by atoms with Crippen molar-refractivity contribution in [3.8, 4) is 11.4 Å². The van der Waals surface area contributed by atoms with Crippen molar-refractivity contribution >= 4 is 38.3 Å². The molecule has 0 saturated carbocycles. The molecule has 2 aromatic heterocycles. The summed E-state index contributed by atoms with van der Waals surface area (Å²) in [5, 5.41) is 13.7. The van der Waals surface area contributed by atoms with E-state index in [0.717, 1.165) is 0 Å². The molecule has 0 amide bonds. The Balaban J connectivity index is 2.15. The van der Waals surface area contributed by atoms with Crippen LogP contribution >= 0.6 is 11.6 Å². The molecule has 0 unspecified atom stereocenters. The van der Waals surface area contributed by atoms with E-state index in [0.29, 0.717) is 27.4 Å². The lowest BCUT2D eigenvalue weighted by Gasteiger charge is -2.06. The van der Waals surface area contributed by atoms with Gasteiger partial charge in [0.05, 0.1) is 15.9 Å². The molecule has 10 heteroatoms. The van der Waals surface area contributed by atoms with E-state index in [1.165, 1.54) is 22.6 Å². The van der Waals surface area contributed by atoms with E-state index in [1.807, 2.05) is 0 Å². The summed E-state index contributed by atoms with van der Waals surface area (Å²) in [6, 6.07) is 11.0. The van der Waals surface area contributed by atoms with Crippen LogP contribution < -0.4 is 10.7 Å². The second kappa shape index (κ2) is 5.38. The minimum atomic E-state index is -3.90. The molecule has 0 bridgehead atoms. The Morgan fingerprint density at radius 3 is 2.48 bits per heavy atom. The zero-order valence-corrected chi connectivity index (χ0v) is 14.0. The summed E-state index contributed by atoms with van der Waals surface area (Å²) in [5.41, 5.74) is 1.12. The molecular formula is C15H10ClN5O3S. The number of H-pyrrole nitrogens is 1. The number of hydrogen-bond donors (Lipinski definition) is 2. The number of nitrogens with zero attached hydrogens (tertiary/aromatic N) is 3. The molecule has 4 rings (SSSR count). The third-order valence-corrected chi connectivity index (χ3v) is 4.92. The van der Waals surface area contributed by atoms with Crippen molar-refractivity contribution in [3.63, 3.8) is 0 Å². The molecule has 8 nitrogen and oxygen atoms in total. The van der Waals surface area contributed by atoms with Gasteiger partial charge in [0.1, 0.15) is 0 Å². The van der Waals surface area contributed by atoms with E-state index in [4.69, 9.17) is 16.7 Å². The molecule has 0 spiro atoms. The second-order valence-corrected chi connectivity index (χ2v) is 7.37. The first-order valence-corrected chi connectivity index (χ1v) is 8.97. The first-order valence-electron chi connectivity index (χ1n) is 7.04. The summed E-state index contributed by atoms with van der Waals surface area (Å²) >= 11 is 5.90. The first-order chi connectivity index (χ1) is 11.8. The number of nitrogens with one attached hydrogen (secondary N) is 1. The first kappa shape index (κ1) is 15.8. The van der Waals surface area contributed by atoms with Crippen molar-refractivity contribution in [2.24, 2.45) is 5.14 Å². The fourth-order valence-corrected chi connectivity index (χ4v) is 3.26. The van der Waals surface area contributed by atoms with Crippen LogP contribution in [0.2, 0.25) is 5.02 Å². The number of hydrogen-bond acceptors (Lipinski definition) is 5. The average molecular weight is 376 g/mol. The maximum absolute atomic E-state index is 12.2. The zero-order chi connectivity index (χ0) is 17.8. The SMILES string of the molecule is NS(=O)(=O)c1ccc2[nH]c(=O)c3nnc(-c4ccc(Cl)cc4)n3c2c1. The lowest BCUT2D eigenvalue weighted by Crippen LogP contribution is -2.14. The van der Waals surface area contributed by atoms with Gasteiger partial charge in [-0.2, -0.15) is 0 Å². The van der Waals surface area contributed by atoms with E-state index < -0.39 is 15.6 Å². The zero-order valence-electron chi connectivity index (χ0n) is 12.5. The average Bonchev–Trinajstić information content (AvgIpc) is 3.00. The Hall–Kier alpha value is -2.75. The van der Waals surface area contributed by atoms with Crippen LogP contribution in [0.1, 0.15) is 0 Å². The molecule has 0 aliphatic rings. The fourth-order valence-electron chi connectivity index (χ4n) is 2.60. The number of rotatable bonds is 2. The molecule has 4 aromatic rings. The van der Waals surface area contributed by atoms with E-state index in [1.54, 1.807) is 24.3 Å². The molecule has 0 fully saturated rings. The predicted molar refractivity (Wildman–Crippen MR) is 92.9 cm³/mol. The third-order valence-electron chi connectivity index (χ3n) is 3.76. The molecule has 2 aromatic carbocycles. The Morgan fingerprint density at radius 1 is 1.08 bits per heavy atom. The van der Waals surface area contributed by atoms with Gasteiger partial charge in [-0.25, -0.2) is 13.6 Å². The van der Waals surface area contributed by atoms with Crippen molar-refractivity contribution in [1.82, 2.24) is 19.6 Å². The summed E-state index contributed by atoms with van der Waals surface area (Å²) in [7, 11) is -3.90. The lowest BCUT2D eigenvalue weighted by atomic mass is 10.2. The molecule has 0 aliphatic heterocycles. The summed E-state index contributed by atoms with van der Waals surface area (Å²) < 4.78 is 24.8. The smallest absolute Gasteiger partial charge is 0.294 e. The van der Waals surface area contributed by atoms with Crippen LogP contribution in [0.15, 0.2) is 52.2 Å². The fraction of sp³-hybridized carbons (Fsp3) is 0. The maximum Gasteiger partial charge on any atom is 0.294 e. The molecule has 0 aliphatic carbocycles. The molecule has 2 heterocycles.